The van der Waals surface area contributed by atoms with Crippen molar-refractivity contribution in [3.05, 3.63) is 69.6 Å². The predicted molar refractivity (Wildman–Crippen MR) is 107 cm³/mol. The van der Waals surface area contributed by atoms with Crippen LogP contribution in [0.15, 0.2) is 36.5 Å². The molecule has 0 saturated carbocycles. The van der Waals surface area contributed by atoms with Crippen LogP contribution in [0.1, 0.15) is 32.9 Å². The fourth-order valence-corrected chi connectivity index (χ4v) is 3.40. The fraction of sp³-hybridized carbons (Fsp3) is 0.190. The number of carbonyl (C=O) groups is 1. The lowest BCUT2D eigenvalue weighted by Crippen LogP contribution is -2.06. The average Bonchev–Trinajstić information content (AvgIpc) is 3.20. The number of pyridine rings is 1. The number of nitrogens with zero attached hydrogens (tertiary/aromatic N) is 2. The van der Waals surface area contributed by atoms with E-state index in [-0.39, 0.29) is 12.2 Å². The van der Waals surface area contributed by atoms with Crippen LogP contribution in [-0.2, 0) is 6.42 Å². The fourth-order valence-electron chi connectivity index (χ4n) is 3.23. The minimum atomic E-state index is -0.0144. The average molecular weight is 379 g/mol. The van der Waals surface area contributed by atoms with E-state index in [0.717, 1.165) is 49.7 Å². The van der Waals surface area contributed by atoms with Crippen molar-refractivity contribution in [1.29, 1.82) is 0 Å². The molecule has 0 spiro atoms. The van der Waals surface area contributed by atoms with Gasteiger partial charge in [0.15, 0.2) is 5.78 Å². The molecule has 1 aromatic carbocycles. The quantitative estimate of drug-likeness (QED) is 0.493. The van der Waals surface area contributed by atoms with Crippen molar-refractivity contribution in [2.45, 2.75) is 27.2 Å². The number of aryl methyl sites for hydroxylation is 1. The smallest absolute Gasteiger partial charge is 0.187 e. The standard InChI is InChI=1S/C21H19ClN4O/c1-11-13(3)25-26-20(11)19(27)8-14-7-15-9-18(24-21(15)23-10-14)16-5-4-6-17(22)12(16)2/h4-7,9-10H,8H2,1-3H3,(H,23,24)(H,25,26). The summed E-state index contributed by atoms with van der Waals surface area (Å²) in [5.41, 5.74) is 6.98. The van der Waals surface area contributed by atoms with Crippen LogP contribution < -0.4 is 0 Å². The van der Waals surface area contributed by atoms with Gasteiger partial charge < -0.3 is 4.98 Å². The van der Waals surface area contributed by atoms with Crippen molar-refractivity contribution in [1.82, 2.24) is 20.2 Å². The van der Waals surface area contributed by atoms with Crippen LogP contribution in [0.2, 0.25) is 5.02 Å². The highest BCUT2D eigenvalue weighted by molar-refractivity contribution is 6.31. The molecule has 3 heterocycles. The highest BCUT2D eigenvalue weighted by Crippen LogP contribution is 2.30. The van der Waals surface area contributed by atoms with Crippen LogP contribution in [0.25, 0.3) is 22.3 Å². The second-order valence-electron chi connectivity index (χ2n) is 6.80. The minimum Gasteiger partial charge on any atom is -0.339 e. The van der Waals surface area contributed by atoms with E-state index < -0.39 is 0 Å². The Balaban J connectivity index is 1.66. The van der Waals surface area contributed by atoms with Gasteiger partial charge in [-0.3, -0.25) is 9.89 Å². The number of aromatic amines is 2. The molecule has 2 N–H and O–H groups in total. The highest BCUT2D eigenvalue weighted by atomic mass is 35.5. The SMILES string of the molecule is Cc1[nH]nc(C(=O)Cc2cnc3[nH]c(-c4cccc(Cl)c4C)cc3c2)c1C. The Hall–Kier alpha value is -2.92. The molecule has 0 aliphatic rings. The highest BCUT2D eigenvalue weighted by Gasteiger charge is 2.16. The van der Waals surface area contributed by atoms with Crippen LogP contribution in [0, 0.1) is 20.8 Å². The first-order valence-corrected chi connectivity index (χ1v) is 9.09. The van der Waals surface area contributed by atoms with E-state index >= 15 is 0 Å². The van der Waals surface area contributed by atoms with Crippen LogP contribution in [-0.4, -0.2) is 25.9 Å². The van der Waals surface area contributed by atoms with Crippen molar-refractivity contribution in [2.24, 2.45) is 0 Å². The van der Waals surface area contributed by atoms with Gasteiger partial charge in [0.2, 0.25) is 0 Å². The summed E-state index contributed by atoms with van der Waals surface area (Å²) in [5, 5.41) is 8.68. The number of halogens is 1. The Morgan fingerprint density at radius 1 is 1.15 bits per heavy atom. The summed E-state index contributed by atoms with van der Waals surface area (Å²) in [6.45, 7) is 5.81. The zero-order chi connectivity index (χ0) is 19.1. The van der Waals surface area contributed by atoms with Crippen LogP contribution in [0.4, 0.5) is 0 Å². The van der Waals surface area contributed by atoms with Crippen LogP contribution in [0.3, 0.4) is 0 Å². The van der Waals surface area contributed by atoms with Crippen molar-refractivity contribution < 1.29 is 4.79 Å². The van der Waals surface area contributed by atoms with Crippen molar-refractivity contribution in [2.75, 3.05) is 0 Å². The predicted octanol–water partition coefficient (Wildman–Crippen LogP) is 4.96. The van der Waals surface area contributed by atoms with Crippen molar-refractivity contribution in [3.8, 4) is 11.3 Å². The largest absolute Gasteiger partial charge is 0.339 e. The Morgan fingerprint density at radius 3 is 2.70 bits per heavy atom. The third kappa shape index (κ3) is 3.15. The lowest BCUT2D eigenvalue weighted by atomic mass is 10.0. The number of carbonyl (C=O) groups excluding carboxylic acids is 1. The molecule has 0 unspecified atom stereocenters. The van der Waals surface area contributed by atoms with E-state index in [2.05, 4.69) is 20.2 Å². The van der Waals surface area contributed by atoms with Gasteiger partial charge in [-0.25, -0.2) is 4.98 Å². The molecule has 0 saturated heterocycles. The maximum absolute atomic E-state index is 12.6. The summed E-state index contributed by atoms with van der Waals surface area (Å²) in [5.74, 6) is -0.0144. The molecule has 0 atom stereocenters. The van der Waals surface area contributed by atoms with Gasteiger partial charge in [-0.2, -0.15) is 5.10 Å². The number of ketones is 1. The second-order valence-corrected chi connectivity index (χ2v) is 7.21. The number of hydrogen-bond donors (Lipinski definition) is 2. The van der Waals surface area contributed by atoms with Gasteiger partial charge in [0.05, 0.1) is 0 Å². The van der Waals surface area contributed by atoms with Gasteiger partial charge in [-0.1, -0.05) is 23.7 Å². The van der Waals surface area contributed by atoms with Gasteiger partial charge in [0.25, 0.3) is 0 Å². The third-order valence-electron chi connectivity index (χ3n) is 4.97. The molecular formula is C21H19ClN4O. The molecule has 0 bridgehead atoms. The molecule has 0 aliphatic heterocycles. The lowest BCUT2D eigenvalue weighted by molar-refractivity contribution is 0.0987. The monoisotopic (exact) mass is 378 g/mol. The molecule has 6 heteroatoms. The Bertz CT molecular complexity index is 1170. The molecule has 27 heavy (non-hydrogen) atoms. The number of benzene rings is 1. The van der Waals surface area contributed by atoms with E-state index in [9.17, 15) is 4.79 Å². The van der Waals surface area contributed by atoms with Gasteiger partial charge >= 0.3 is 0 Å². The number of Topliss-reactive ketones (excluding diaryl/α,β-unsaturated/α-hetero) is 1. The number of H-pyrrole nitrogens is 2. The third-order valence-corrected chi connectivity index (χ3v) is 5.38. The van der Waals surface area contributed by atoms with E-state index in [1.807, 2.05) is 51.1 Å². The van der Waals surface area contributed by atoms with Crippen molar-refractivity contribution in [3.63, 3.8) is 0 Å². The summed E-state index contributed by atoms with van der Waals surface area (Å²) < 4.78 is 0. The molecule has 4 aromatic rings. The summed E-state index contributed by atoms with van der Waals surface area (Å²) >= 11 is 6.24. The summed E-state index contributed by atoms with van der Waals surface area (Å²) in [4.78, 5) is 20.4. The molecule has 3 aromatic heterocycles. The van der Waals surface area contributed by atoms with Gasteiger partial charge in [-0.05, 0) is 50.1 Å². The van der Waals surface area contributed by atoms with Gasteiger partial charge in [-0.15, -0.1) is 0 Å². The first-order chi connectivity index (χ1) is 12.9. The first-order valence-electron chi connectivity index (χ1n) is 8.72. The first kappa shape index (κ1) is 17.5. The molecule has 0 radical (unpaired) electrons. The molecule has 5 nitrogen and oxygen atoms in total. The topological polar surface area (TPSA) is 74.4 Å². The number of nitrogens with one attached hydrogen (secondary N) is 2. The number of hydrogen-bond acceptors (Lipinski definition) is 3. The number of fused-ring (bicyclic) bond motifs is 1. The zero-order valence-corrected chi connectivity index (χ0v) is 16.1. The summed E-state index contributed by atoms with van der Waals surface area (Å²) in [6.07, 6.45) is 2.00. The molecule has 0 fully saturated rings. The van der Waals surface area contributed by atoms with Gasteiger partial charge in [0, 0.05) is 45.5 Å². The molecule has 0 aliphatic carbocycles. The Morgan fingerprint density at radius 2 is 1.96 bits per heavy atom. The maximum Gasteiger partial charge on any atom is 0.187 e. The second kappa shape index (κ2) is 6.67. The van der Waals surface area contributed by atoms with Crippen molar-refractivity contribution >= 4 is 28.4 Å². The Labute approximate surface area is 161 Å². The number of aromatic nitrogens is 4. The van der Waals surface area contributed by atoms with E-state index in [4.69, 9.17) is 11.6 Å². The Kier molecular flexibility index (Phi) is 4.32. The normalized spacial score (nSPS) is 11.3. The van der Waals surface area contributed by atoms with Crippen LogP contribution in [0.5, 0.6) is 0 Å². The van der Waals surface area contributed by atoms with E-state index in [1.165, 1.54) is 0 Å². The number of rotatable bonds is 4. The molecular weight excluding hydrogens is 360 g/mol. The van der Waals surface area contributed by atoms with Crippen LogP contribution >= 0.6 is 11.6 Å². The molecule has 0 amide bonds. The van der Waals surface area contributed by atoms with E-state index in [0.29, 0.717) is 5.69 Å². The zero-order valence-electron chi connectivity index (χ0n) is 15.4. The van der Waals surface area contributed by atoms with E-state index in [1.54, 1.807) is 6.20 Å². The summed E-state index contributed by atoms with van der Waals surface area (Å²) in [6, 6.07) is 9.87. The molecule has 136 valence electrons. The maximum atomic E-state index is 12.6. The van der Waals surface area contributed by atoms with Gasteiger partial charge in [0.1, 0.15) is 11.3 Å². The molecule has 4 rings (SSSR count). The summed E-state index contributed by atoms with van der Waals surface area (Å²) in [7, 11) is 0. The lowest BCUT2D eigenvalue weighted by Gasteiger charge is -2.04. The minimum absolute atomic E-state index is 0.0144.